The van der Waals surface area contributed by atoms with Gasteiger partial charge in [-0.15, -0.1) is 0 Å². The first-order valence-corrected chi connectivity index (χ1v) is 21.6. The lowest BCUT2D eigenvalue weighted by molar-refractivity contribution is 0.662. The third-order valence-corrected chi connectivity index (χ3v) is 12.9. The Morgan fingerprint density at radius 1 is 0.290 bits per heavy atom. The maximum absolute atomic E-state index is 2.40. The lowest BCUT2D eigenvalue weighted by Gasteiger charge is -2.28. The van der Waals surface area contributed by atoms with Crippen molar-refractivity contribution >= 4 is 27.8 Å². The van der Waals surface area contributed by atoms with Crippen molar-refractivity contribution in [1.82, 2.24) is 0 Å². The molecule has 0 saturated heterocycles. The van der Waals surface area contributed by atoms with Gasteiger partial charge < -0.3 is 4.90 Å². The van der Waals surface area contributed by atoms with Crippen LogP contribution >= 0.6 is 0 Å². The summed E-state index contributed by atoms with van der Waals surface area (Å²) in [7, 11) is 0. The van der Waals surface area contributed by atoms with E-state index in [-0.39, 0.29) is 5.41 Å². The highest BCUT2D eigenvalue weighted by molar-refractivity contribution is 5.92. The molecular formula is C61H45N. The molecule has 1 aliphatic rings. The SMILES string of the molecule is CC1(C)c2ccccc2-c2cccc(-c3ccc(N(c4ccc(-c5ccc(-c6cccc(-c7ccc8ccccc8c7)c6)cc5)cc4)c4ccccc4-c4ccccc4)cc3)c21. The van der Waals surface area contributed by atoms with Crippen LogP contribution in [-0.2, 0) is 5.41 Å². The van der Waals surface area contributed by atoms with E-state index in [1.165, 1.54) is 88.7 Å². The van der Waals surface area contributed by atoms with Gasteiger partial charge >= 0.3 is 0 Å². The van der Waals surface area contributed by atoms with E-state index >= 15 is 0 Å². The summed E-state index contributed by atoms with van der Waals surface area (Å²) >= 11 is 0. The van der Waals surface area contributed by atoms with Gasteiger partial charge in [0.15, 0.2) is 0 Å². The smallest absolute Gasteiger partial charge is 0.0540 e. The number of benzene rings is 10. The lowest BCUT2D eigenvalue weighted by Crippen LogP contribution is -2.16. The minimum atomic E-state index is -0.0899. The van der Waals surface area contributed by atoms with Crippen LogP contribution in [0.15, 0.2) is 237 Å². The van der Waals surface area contributed by atoms with E-state index in [1.807, 2.05) is 0 Å². The first-order valence-electron chi connectivity index (χ1n) is 21.6. The van der Waals surface area contributed by atoms with Gasteiger partial charge in [-0.1, -0.05) is 208 Å². The number of hydrogen-bond donors (Lipinski definition) is 0. The fourth-order valence-electron chi connectivity index (χ4n) is 9.74. The summed E-state index contributed by atoms with van der Waals surface area (Å²) in [6.45, 7) is 4.73. The molecule has 0 bridgehead atoms. The van der Waals surface area contributed by atoms with E-state index in [4.69, 9.17) is 0 Å². The molecule has 0 fully saturated rings. The van der Waals surface area contributed by atoms with Crippen LogP contribution in [0.1, 0.15) is 25.0 Å². The first kappa shape index (κ1) is 37.3. The van der Waals surface area contributed by atoms with Gasteiger partial charge in [-0.05, 0) is 126 Å². The van der Waals surface area contributed by atoms with Crippen LogP contribution in [0.4, 0.5) is 17.1 Å². The Morgan fingerprint density at radius 3 is 1.47 bits per heavy atom. The van der Waals surface area contributed by atoms with Crippen molar-refractivity contribution in [2.24, 2.45) is 0 Å². The Balaban J connectivity index is 0.926. The standard InChI is InChI=1S/C61H45N/c1-61(2)58-24-10-8-21-56(58)57-23-13-22-55(60(57)61)47-34-38-53(39-35-47)62(59-25-11-9-20-54(59)46-15-4-3-5-16-46)52-36-32-44(33-37-52)43-26-28-45(29-27-43)49-18-12-19-50(40-49)51-31-30-42-14-6-7-17-48(42)41-51/h3-41H,1-2H3. The van der Waals surface area contributed by atoms with Gasteiger partial charge in [0.2, 0.25) is 0 Å². The molecule has 0 atom stereocenters. The van der Waals surface area contributed by atoms with Crippen molar-refractivity contribution in [3.63, 3.8) is 0 Å². The number of rotatable bonds is 8. The molecule has 294 valence electrons. The van der Waals surface area contributed by atoms with E-state index in [2.05, 4.69) is 255 Å². The molecule has 1 nitrogen and oxygen atoms in total. The molecule has 0 amide bonds. The van der Waals surface area contributed by atoms with E-state index in [0.29, 0.717) is 0 Å². The summed E-state index contributed by atoms with van der Waals surface area (Å²) in [6, 6.07) is 86.4. The zero-order chi connectivity index (χ0) is 41.6. The van der Waals surface area contributed by atoms with Crippen LogP contribution in [-0.4, -0.2) is 0 Å². The van der Waals surface area contributed by atoms with Gasteiger partial charge in [-0.2, -0.15) is 0 Å². The molecule has 10 aromatic carbocycles. The molecule has 10 aromatic rings. The van der Waals surface area contributed by atoms with E-state index < -0.39 is 0 Å². The van der Waals surface area contributed by atoms with Crippen LogP contribution in [0.3, 0.4) is 0 Å². The summed E-state index contributed by atoms with van der Waals surface area (Å²) in [6.07, 6.45) is 0. The molecular weight excluding hydrogens is 747 g/mol. The number of hydrogen-bond acceptors (Lipinski definition) is 1. The molecule has 0 unspecified atom stereocenters. The highest BCUT2D eigenvalue weighted by atomic mass is 15.1. The highest BCUT2D eigenvalue weighted by Gasteiger charge is 2.37. The minimum Gasteiger partial charge on any atom is -0.310 e. The van der Waals surface area contributed by atoms with Crippen LogP contribution in [0.25, 0.3) is 77.5 Å². The van der Waals surface area contributed by atoms with Crippen molar-refractivity contribution in [3.8, 4) is 66.8 Å². The molecule has 0 aliphatic heterocycles. The summed E-state index contributed by atoms with van der Waals surface area (Å²) < 4.78 is 0. The predicted molar refractivity (Wildman–Crippen MR) is 263 cm³/mol. The van der Waals surface area contributed by atoms with Crippen LogP contribution in [0, 0.1) is 0 Å². The Hall–Kier alpha value is -7.74. The molecule has 0 radical (unpaired) electrons. The van der Waals surface area contributed by atoms with Gasteiger partial charge in [0.25, 0.3) is 0 Å². The predicted octanol–water partition coefficient (Wildman–Crippen LogP) is 17.0. The van der Waals surface area contributed by atoms with Crippen molar-refractivity contribution in [1.29, 1.82) is 0 Å². The Labute approximate surface area is 364 Å². The zero-order valence-electron chi connectivity index (χ0n) is 35.0. The Bertz CT molecular complexity index is 3230. The largest absolute Gasteiger partial charge is 0.310 e. The van der Waals surface area contributed by atoms with E-state index in [1.54, 1.807) is 0 Å². The van der Waals surface area contributed by atoms with Gasteiger partial charge in [0.1, 0.15) is 0 Å². The fourth-order valence-corrected chi connectivity index (χ4v) is 9.74. The molecule has 11 rings (SSSR count). The highest BCUT2D eigenvalue weighted by Crippen LogP contribution is 2.52. The second kappa shape index (κ2) is 15.4. The van der Waals surface area contributed by atoms with Crippen LogP contribution in [0.2, 0.25) is 0 Å². The summed E-state index contributed by atoms with van der Waals surface area (Å²) in [5.74, 6) is 0. The number of anilines is 3. The number of para-hydroxylation sites is 1. The van der Waals surface area contributed by atoms with Crippen LogP contribution in [0.5, 0.6) is 0 Å². The van der Waals surface area contributed by atoms with E-state index in [0.717, 1.165) is 17.1 Å². The zero-order valence-corrected chi connectivity index (χ0v) is 35.0. The van der Waals surface area contributed by atoms with Gasteiger partial charge in [-0.25, -0.2) is 0 Å². The second-order valence-corrected chi connectivity index (χ2v) is 16.9. The second-order valence-electron chi connectivity index (χ2n) is 16.9. The normalized spacial score (nSPS) is 12.5. The van der Waals surface area contributed by atoms with Crippen LogP contribution < -0.4 is 4.90 Å². The van der Waals surface area contributed by atoms with Gasteiger partial charge in [-0.3, -0.25) is 0 Å². The van der Waals surface area contributed by atoms with Gasteiger partial charge in [0, 0.05) is 22.4 Å². The van der Waals surface area contributed by atoms with Crippen molar-refractivity contribution in [2.75, 3.05) is 4.90 Å². The summed E-state index contributed by atoms with van der Waals surface area (Å²) in [5, 5.41) is 2.52. The molecule has 62 heavy (non-hydrogen) atoms. The summed E-state index contributed by atoms with van der Waals surface area (Å²) in [4.78, 5) is 2.40. The average Bonchev–Trinajstić information content (AvgIpc) is 3.58. The summed E-state index contributed by atoms with van der Waals surface area (Å²) in [5.41, 5.74) is 20.8. The lowest BCUT2D eigenvalue weighted by atomic mass is 9.79. The Kier molecular flexibility index (Phi) is 9.24. The van der Waals surface area contributed by atoms with Crippen molar-refractivity contribution in [2.45, 2.75) is 19.3 Å². The van der Waals surface area contributed by atoms with Crippen molar-refractivity contribution < 1.29 is 0 Å². The third-order valence-electron chi connectivity index (χ3n) is 12.9. The van der Waals surface area contributed by atoms with Gasteiger partial charge in [0.05, 0.1) is 5.69 Å². The molecule has 0 heterocycles. The molecule has 1 heteroatoms. The average molecular weight is 792 g/mol. The molecule has 1 aliphatic carbocycles. The maximum atomic E-state index is 2.40. The maximum Gasteiger partial charge on any atom is 0.0540 e. The quantitative estimate of drug-likeness (QED) is 0.148. The monoisotopic (exact) mass is 791 g/mol. The minimum absolute atomic E-state index is 0.0899. The topological polar surface area (TPSA) is 3.24 Å². The number of fused-ring (bicyclic) bond motifs is 4. The Morgan fingerprint density at radius 2 is 0.742 bits per heavy atom. The van der Waals surface area contributed by atoms with E-state index in [9.17, 15) is 0 Å². The first-order chi connectivity index (χ1) is 30.5. The molecule has 0 saturated carbocycles. The molecule has 0 N–H and O–H groups in total. The fraction of sp³-hybridized carbons (Fsp3) is 0.0492. The third kappa shape index (κ3) is 6.60. The molecule has 0 spiro atoms. The number of nitrogens with zero attached hydrogens (tertiary/aromatic N) is 1. The van der Waals surface area contributed by atoms with Crippen molar-refractivity contribution in [3.05, 3.63) is 248 Å². The molecule has 0 aromatic heterocycles.